The molecule has 0 fully saturated rings. The van der Waals surface area contributed by atoms with Gasteiger partial charge in [0.1, 0.15) is 0 Å². The smallest absolute Gasteiger partial charge is 0.240 e. The zero-order chi connectivity index (χ0) is 13.0. The first kappa shape index (κ1) is 14.2. The van der Waals surface area contributed by atoms with Gasteiger partial charge >= 0.3 is 0 Å². The summed E-state index contributed by atoms with van der Waals surface area (Å²) in [6.07, 6.45) is 1.18. The third-order valence-corrected chi connectivity index (χ3v) is 2.95. The molecule has 1 atom stereocenters. The third-order valence-electron chi connectivity index (χ3n) is 2.95. The SMILES string of the molecule is CC(C)C[C@@H](C)N(C)Cc1nc(C(C)C)no1. The van der Waals surface area contributed by atoms with Gasteiger partial charge in [-0.2, -0.15) is 4.98 Å². The second-order valence-corrected chi connectivity index (χ2v) is 5.59. The number of rotatable bonds is 6. The topological polar surface area (TPSA) is 42.2 Å². The molecule has 1 aromatic rings. The standard InChI is InChI=1S/C13H25N3O/c1-9(2)7-11(5)16(6)8-12-14-13(10(3)4)15-17-12/h9-11H,7-8H2,1-6H3/t11-/m1/s1. The Morgan fingerprint density at radius 2 is 1.82 bits per heavy atom. The van der Waals surface area contributed by atoms with Gasteiger partial charge in [-0.05, 0) is 26.3 Å². The van der Waals surface area contributed by atoms with Crippen molar-refractivity contribution in [3.05, 3.63) is 11.7 Å². The Hall–Kier alpha value is -0.900. The van der Waals surface area contributed by atoms with E-state index in [4.69, 9.17) is 4.52 Å². The van der Waals surface area contributed by atoms with Crippen molar-refractivity contribution in [1.29, 1.82) is 0 Å². The number of hydrogen-bond acceptors (Lipinski definition) is 4. The molecule has 0 spiro atoms. The highest BCUT2D eigenvalue weighted by molar-refractivity contribution is 4.91. The summed E-state index contributed by atoms with van der Waals surface area (Å²) in [5, 5.41) is 3.98. The Morgan fingerprint density at radius 3 is 2.29 bits per heavy atom. The predicted octanol–water partition coefficient (Wildman–Crippen LogP) is 3.06. The average Bonchev–Trinajstić information content (AvgIpc) is 2.65. The van der Waals surface area contributed by atoms with Crippen LogP contribution in [0.25, 0.3) is 0 Å². The van der Waals surface area contributed by atoms with Crippen LogP contribution in [0.4, 0.5) is 0 Å². The van der Waals surface area contributed by atoms with Crippen LogP contribution < -0.4 is 0 Å². The van der Waals surface area contributed by atoms with Crippen LogP contribution in [0.5, 0.6) is 0 Å². The van der Waals surface area contributed by atoms with Crippen molar-refractivity contribution >= 4 is 0 Å². The summed E-state index contributed by atoms with van der Waals surface area (Å²) < 4.78 is 5.25. The summed E-state index contributed by atoms with van der Waals surface area (Å²) in [4.78, 5) is 6.65. The van der Waals surface area contributed by atoms with Gasteiger partial charge in [0, 0.05) is 12.0 Å². The predicted molar refractivity (Wildman–Crippen MR) is 68.8 cm³/mol. The first-order chi connectivity index (χ1) is 7.90. The fourth-order valence-corrected chi connectivity index (χ4v) is 1.80. The first-order valence-electron chi connectivity index (χ1n) is 6.42. The van der Waals surface area contributed by atoms with E-state index in [-0.39, 0.29) is 0 Å². The first-order valence-corrected chi connectivity index (χ1v) is 6.42. The molecule has 0 aliphatic heterocycles. The molecule has 0 N–H and O–H groups in total. The third kappa shape index (κ3) is 4.46. The van der Waals surface area contributed by atoms with Crippen LogP contribution in [0, 0.1) is 5.92 Å². The highest BCUT2D eigenvalue weighted by Crippen LogP contribution is 2.14. The zero-order valence-electron chi connectivity index (χ0n) is 11.9. The molecule has 0 aromatic carbocycles. The lowest BCUT2D eigenvalue weighted by molar-refractivity contribution is 0.194. The van der Waals surface area contributed by atoms with Gasteiger partial charge in [0.05, 0.1) is 6.54 Å². The largest absolute Gasteiger partial charge is 0.338 e. The van der Waals surface area contributed by atoms with Crippen LogP contribution in [0.3, 0.4) is 0 Å². The Balaban J connectivity index is 2.52. The van der Waals surface area contributed by atoms with Gasteiger partial charge in [-0.15, -0.1) is 0 Å². The van der Waals surface area contributed by atoms with E-state index in [1.807, 2.05) is 0 Å². The van der Waals surface area contributed by atoms with Gasteiger partial charge in [0.15, 0.2) is 5.82 Å². The minimum absolute atomic E-state index is 0.325. The Labute approximate surface area is 104 Å². The van der Waals surface area contributed by atoms with E-state index in [1.165, 1.54) is 6.42 Å². The Morgan fingerprint density at radius 1 is 1.18 bits per heavy atom. The molecule has 0 saturated heterocycles. The monoisotopic (exact) mass is 239 g/mol. The molecule has 4 heteroatoms. The molecule has 0 radical (unpaired) electrons. The number of nitrogens with zero attached hydrogens (tertiary/aromatic N) is 3. The van der Waals surface area contributed by atoms with Crippen molar-refractivity contribution in [2.45, 2.75) is 59.5 Å². The minimum Gasteiger partial charge on any atom is -0.338 e. The molecular formula is C13H25N3O. The molecule has 1 aromatic heterocycles. The summed E-state index contributed by atoms with van der Waals surface area (Å²) in [5.74, 6) is 2.55. The maximum atomic E-state index is 5.25. The second-order valence-electron chi connectivity index (χ2n) is 5.59. The van der Waals surface area contributed by atoms with Crippen molar-refractivity contribution in [3.63, 3.8) is 0 Å². The molecule has 4 nitrogen and oxygen atoms in total. The van der Waals surface area contributed by atoms with Gasteiger partial charge in [0.2, 0.25) is 5.89 Å². The van der Waals surface area contributed by atoms with E-state index in [1.54, 1.807) is 0 Å². The van der Waals surface area contributed by atoms with E-state index >= 15 is 0 Å². The molecule has 0 aliphatic carbocycles. The molecule has 0 aliphatic rings. The van der Waals surface area contributed by atoms with Gasteiger partial charge in [-0.1, -0.05) is 32.9 Å². The molecule has 1 rings (SSSR count). The van der Waals surface area contributed by atoms with E-state index in [2.05, 4.69) is 56.7 Å². The van der Waals surface area contributed by atoms with Crippen LogP contribution in [0.15, 0.2) is 4.52 Å². The van der Waals surface area contributed by atoms with E-state index in [0.29, 0.717) is 23.8 Å². The highest BCUT2D eigenvalue weighted by atomic mass is 16.5. The fourth-order valence-electron chi connectivity index (χ4n) is 1.80. The maximum Gasteiger partial charge on any atom is 0.240 e. The normalized spacial score (nSPS) is 13.9. The van der Waals surface area contributed by atoms with E-state index in [0.717, 1.165) is 12.4 Å². The van der Waals surface area contributed by atoms with E-state index in [9.17, 15) is 0 Å². The average molecular weight is 239 g/mol. The minimum atomic E-state index is 0.325. The number of aromatic nitrogens is 2. The van der Waals surface area contributed by atoms with Crippen molar-refractivity contribution in [2.75, 3.05) is 7.05 Å². The molecule has 98 valence electrons. The van der Waals surface area contributed by atoms with Gasteiger partial charge in [-0.3, -0.25) is 4.90 Å². The van der Waals surface area contributed by atoms with Crippen molar-refractivity contribution in [1.82, 2.24) is 15.0 Å². The van der Waals surface area contributed by atoms with Crippen LogP contribution in [-0.4, -0.2) is 28.1 Å². The second kappa shape index (κ2) is 6.15. The van der Waals surface area contributed by atoms with Gasteiger partial charge < -0.3 is 4.52 Å². The zero-order valence-corrected chi connectivity index (χ0v) is 11.9. The molecule has 0 bridgehead atoms. The van der Waals surface area contributed by atoms with E-state index < -0.39 is 0 Å². The molecule has 1 heterocycles. The Bertz CT molecular complexity index is 333. The fraction of sp³-hybridized carbons (Fsp3) is 0.846. The van der Waals surface area contributed by atoms with Crippen molar-refractivity contribution in [2.24, 2.45) is 5.92 Å². The quantitative estimate of drug-likeness (QED) is 0.765. The van der Waals surface area contributed by atoms with Crippen molar-refractivity contribution in [3.8, 4) is 0 Å². The lowest BCUT2D eigenvalue weighted by atomic mass is 10.0. The lowest BCUT2D eigenvalue weighted by Crippen LogP contribution is -2.29. The van der Waals surface area contributed by atoms with Crippen LogP contribution in [0.2, 0.25) is 0 Å². The highest BCUT2D eigenvalue weighted by Gasteiger charge is 2.15. The summed E-state index contributed by atoms with van der Waals surface area (Å²) in [6, 6.07) is 0.532. The summed E-state index contributed by atoms with van der Waals surface area (Å²) in [6.45, 7) is 11.6. The van der Waals surface area contributed by atoms with Gasteiger partial charge in [0.25, 0.3) is 0 Å². The number of hydrogen-bond donors (Lipinski definition) is 0. The molecular weight excluding hydrogens is 214 g/mol. The summed E-state index contributed by atoms with van der Waals surface area (Å²) in [5.41, 5.74) is 0. The molecule has 0 unspecified atom stereocenters. The molecule has 0 saturated carbocycles. The summed E-state index contributed by atoms with van der Waals surface area (Å²) in [7, 11) is 2.10. The van der Waals surface area contributed by atoms with Crippen LogP contribution in [0.1, 0.15) is 58.7 Å². The molecule has 17 heavy (non-hydrogen) atoms. The van der Waals surface area contributed by atoms with Crippen molar-refractivity contribution < 1.29 is 4.52 Å². The van der Waals surface area contributed by atoms with Crippen LogP contribution >= 0.6 is 0 Å². The molecule has 0 amide bonds. The lowest BCUT2D eigenvalue weighted by Gasteiger charge is -2.24. The Kier molecular flexibility index (Phi) is 5.12. The van der Waals surface area contributed by atoms with Gasteiger partial charge in [-0.25, -0.2) is 0 Å². The van der Waals surface area contributed by atoms with Crippen LogP contribution in [-0.2, 0) is 6.54 Å². The maximum absolute atomic E-state index is 5.25. The summed E-state index contributed by atoms with van der Waals surface area (Å²) >= 11 is 0.